The number of ether oxygens (including phenoxy) is 1. The zero-order chi connectivity index (χ0) is 21.8. The summed E-state index contributed by atoms with van der Waals surface area (Å²) in [5, 5.41) is 13.2. The van der Waals surface area contributed by atoms with Crippen LogP contribution in [0.3, 0.4) is 0 Å². The number of nitrogens with one attached hydrogen (secondary N) is 1. The van der Waals surface area contributed by atoms with Gasteiger partial charge in [0.2, 0.25) is 0 Å². The number of anilines is 1. The van der Waals surface area contributed by atoms with Crippen molar-refractivity contribution in [3.05, 3.63) is 51.1 Å². The van der Waals surface area contributed by atoms with Crippen LogP contribution in [0, 0.1) is 5.92 Å². The topological polar surface area (TPSA) is 91.8 Å². The van der Waals surface area contributed by atoms with Crippen molar-refractivity contribution in [1.29, 1.82) is 0 Å². The van der Waals surface area contributed by atoms with Crippen LogP contribution in [0.4, 0.5) is 10.5 Å². The maximum atomic E-state index is 12.1. The fraction of sp³-hybridized carbons (Fsp3) is 0.286. The zero-order valence-corrected chi connectivity index (χ0v) is 19.2. The summed E-state index contributed by atoms with van der Waals surface area (Å²) >= 11 is 4.25. The number of aromatic nitrogens is 1. The quantitative estimate of drug-likeness (QED) is 0.534. The minimum absolute atomic E-state index is 0.0373. The van der Waals surface area contributed by atoms with Crippen LogP contribution in [0.25, 0.3) is 6.08 Å². The van der Waals surface area contributed by atoms with E-state index in [2.05, 4.69) is 40.1 Å². The lowest BCUT2D eigenvalue weighted by Gasteiger charge is -2.12. The number of benzene rings is 1. The summed E-state index contributed by atoms with van der Waals surface area (Å²) < 4.78 is 6.38. The van der Waals surface area contributed by atoms with Crippen LogP contribution in [0.2, 0.25) is 0 Å². The molecule has 1 aliphatic rings. The number of amides is 2. The number of carbonyl (C=O) groups excluding carboxylic acids is 2. The molecule has 0 saturated carbocycles. The van der Waals surface area contributed by atoms with Crippen LogP contribution in [-0.4, -0.2) is 39.7 Å². The van der Waals surface area contributed by atoms with E-state index in [4.69, 9.17) is 4.74 Å². The van der Waals surface area contributed by atoms with Gasteiger partial charge in [0.15, 0.2) is 11.5 Å². The highest BCUT2D eigenvalue weighted by atomic mass is 79.9. The van der Waals surface area contributed by atoms with Crippen molar-refractivity contribution in [2.24, 2.45) is 5.92 Å². The minimum atomic E-state index is -0.357. The Balaban J connectivity index is 1.76. The fourth-order valence-corrected chi connectivity index (χ4v) is 3.88. The molecule has 0 radical (unpaired) electrons. The number of carbonyl (C=O) groups is 2. The van der Waals surface area contributed by atoms with E-state index in [9.17, 15) is 14.7 Å². The summed E-state index contributed by atoms with van der Waals surface area (Å²) in [5.41, 5.74) is 2.37. The van der Waals surface area contributed by atoms with Gasteiger partial charge in [-0.1, -0.05) is 29.8 Å². The molecule has 1 aliphatic heterocycles. The number of hydrogen-bond acceptors (Lipinski definition) is 7. The smallest absolute Gasteiger partial charge is 0.293 e. The first-order valence-corrected chi connectivity index (χ1v) is 10.9. The molecule has 7 nitrogen and oxygen atoms in total. The number of phenolic OH excluding ortho intramolecular Hbond substituents is 1. The number of pyridine rings is 1. The van der Waals surface area contributed by atoms with Gasteiger partial charge in [0, 0.05) is 36.0 Å². The normalized spacial score (nSPS) is 15.4. The highest BCUT2D eigenvalue weighted by Crippen LogP contribution is 2.37. The van der Waals surface area contributed by atoms with Gasteiger partial charge in [0.05, 0.1) is 10.6 Å². The predicted octanol–water partition coefficient (Wildman–Crippen LogP) is 4.86. The van der Waals surface area contributed by atoms with E-state index in [-0.39, 0.29) is 29.3 Å². The van der Waals surface area contributed by atoms with Crippen molar-refractivity contribution >= 4 is 50.6 Å². The van der Waals surface area contributed by atoms with Crippen molar-refractivity contribution in [3.8, 4) is 11.5 Å². The van der Waals surface area contributed by atoms with Crippen LogP contribution < -0.4 is 10.1 Å². The van der Waals surface area contributed by atoms with Gasteiger partial charge >= 0.3 is 0 Å². The SMILES string of the molecule is CC(C)CNc1cncc(COc2cc(/C=C3\SC(=O)N(C)C3=O)c(Br)cc2O)c1. The minimum Gasteiger partial charge on any atom is -0.504 e. The maximum Gasteiger partial charge on any atom is 0.293 e. The summed E-state index contributed by atoms with van der Waals surface area (Å²) in [5.74, 6) is 0.381. The largest absolute Gasteiger partial charge is 0.504 e. The molecule has 2 aromatic rings. The number of likely N-dealkylation sites (N-methyl/N-ethyl adjacent to an activating group) is 1. The number of halogens is 1. The highest BCUT2D eigenvalue weighted by Gasteiger charge is 2.32. The van der Waals surface area contributed by atoms with Gasteiger partial charge in [-0.15, -0.1) is 0 Å². The molecule has 2 amide bonds. The van der Waals surface area contributed by atoms with Crippen LogP contribution >= 0.6 is 27.7 Å². The lowest BCUT2D eigenvalue weighted by molar-refractivity contribution is -0.121. The molecule has 3 rings (SSSR count). The number of phenols is 1. The first-order chi connectivity index (χ1) is 14.2. The first-order valence-electron chi connectivity index (χ1n) is 9.29. The number of rotatable bonds is 7. The number of aromatic hydroxyl groups is 1. The molecule has 30 heavy (non-hydrogen) atoms. The van der Waals surface area contributed by atoms with Gasteiger partial charge in [-0.2, -0.15) is 0 Å². The molecule has 1 aromatic heterocycles. The lowest BCUT2D eigenvalue weighted by Crippen LogP contribution is -2.22. The molecule has 0 spiro atoms. The molecule has 1 aromatic carbocycles. The van der Waals surface area contributed by atoms with Crippen molar-refractivity contribution in [1.82, 2.24) is 9.88 Å². The van der Waals surface area contributed by atoms with E-state index in [1.165, 1.54) is 13.1 Å². The maximum absolute atomic E-state index is 12.1. The lowest BCUT2D eigenvalue weighted by atomic mass is 10.2. The monoisotopic (exact) mass is 491 g/mol. The fourth-order valence-electron chi connectivity index (χ4n) is 2.62. The Morgan fingerprint density at radius 1 is 1.30 bits per heavy atom. The van der Waals surface area contributed by atoms with E-state index in [0.29, 0.717) is 20.9 Å². The van der Waals surface area contributed by atoms with E-state index < -0.39 is 0 Å². The molecule has 1 fully saturated rings. The van der Waals surface area contributed by atoms with E-state index >= 15 is 0 Å². The second kappa shape index (κ2) is 9.53. The van der Waals surface area contributed by atoms with Gasteiger partial charge in [-0.3, -0.25) is 19.5 Å². The zero-order valence-electron chi connectivity index (χ0n) is 16.8. The Morgan fingerprint density at radius 3 is 2.73 bits per heavy atom. The predicted molar refractivity (Wildman–Crippen MR) is 121 cm³/mol. The van der Waals surface area contributed by atoms with E-state index in [1.807, 2.05) is 6.07 Å². The number of nitrogens with zero attached hydrogens (tertiary/aromatic N) is 2. The third-order valence-corrected chi connectivity index (χ3v) is 5.90. The molecule has 2 N–H and O–H groups in total. The van der Waals surface area contributed by atoms with Crippen LogP contribution in [0.5, 0.6) is 11.5 Å². The van der Waals surface area contributed by atoms with Gasteiger partial charge in [0.25, 0.3) is 11.1 Å². The summed E-state index contributed by atoms with van der Waals surface area (Å²) in [6, 6.07) is 5.07. The van der Waals surface area contributed by atoms with Gasteiger partial charge in [-0.25, -0.2) is 0 Å². The highest BCUT2D eigenvalue weighted by molar-refractivity contribution is 9.10. The van der Waals surface area contributed by atoms with Crippen molar-refractivity contribution in [2.45, 2.75) is 20.5 Å². The third kappa shape index (κ3) is 5.34. The molecule has 0 aliphatic carbocycles. The Kier molecular flexibility index (Phi) is 7.04. The number of thioether (sulfide) groups is 1. The standard InChI is InChI=1S/C21H22BrN3O4S/c1-12(2)8-24-15-4-13(9-23-10-15)11-29-18-5-14(16(22)7-17(18)26)6-19-20(27)25(3)21(28)30-19/h4-7,9-10,12,24,26H,8,11H2,1-3H3/b19-6-. The average Bonchev–Trinajstić information content (AvgIpc) is 2.94. The summed E-state index contributed by atoms with van der Waals surface area (Å²) in [7, 11) is 1.44. The Labute approximate surface area is 187 Å². The molecule has 158 valence electrons. The number of hydrogen-bond donors (Lipinski definition) is 2. The Hall–Kier alpha value is -2.52. The van der Waals surface area contributed by atoms with Crippen LogP contribution in [0.15, 0.2) is 40.0 Å². The summed E-state index contributed by atoms with van der Waals surface area (Å²) in [4.78, 5) is 29.4. The molecule has 2 heterocycles. The Bertz CT molecular complexity index is 1010. The Morgan fingerprint density at radius 2 is 2.07 bits per heavy atom. The van der Waals surface area contributed by atoms with Gasteiger partial charge in [-0.05, 0) is 47.5 Å². The second-order valence-corrected chi connectivity index (χ2v) is 9.07. The average molecular weight is 492 g/mol. The molecular formula is C21H22BrN3O4S. The van der Waals surface area contributed by atoms with Crippen LogP contribution in [-0.2, 0) is 11.4 Å². The third-order valence-electron chi connectivity index (χ3n) is 4.26. The van der Waals surface area contributed by atoms with Crippen molar-refractivity contribution < 1.29 is 19.4 Å². The van der Waals surface area contributed by atoms with Crippen molar-refractivity contribution in [3.63, 3.8) is 0 Å². The second-order valence-electron chi connectivity index (χ2n) is 7.23. The molecular weight excluding hydrogens is 470 g/mol. The molecule has 1 saturated heterocycles. The summed E-state index contributed by atoms with van der Waals surface area (Å²) in [6.07, 6.45) is 5.05. The summed E-state index contributed by atoms with van der Waals surface area (Å²) in [6.45, 7) is 5.31. The number of imide groups is 1. The molecule has 0 unspecified atom stereocenters. The van der Waals surface area contributed by atoms with E-state index in [1.54, 1.807) is 24.5 Å². The van der Waals surface area contributed by atoms with E-state index in [0.717, 1.165) is 34.5 Å². The first kappa shape index (κ1) is 22.2. The van der Waals surface area contributed by atoms with Crippen molar-refractivity contribution in [2.75, 3.05) is 18.9 Å². The molecule has 9 heteroatoms. The molecule has 0 atom stereocenters. The van der Waals surface area contributed by atoms with Gasteiger partial charge in [0.1, 0.15) is 6.61 Å². The van der Waals surface area contributed by atoms with Gasteiger partial charge < -0.3 is 15.2 Å². The molecule has 0 bridgehead atoms. The van der Waals surface area contributed by atoms with Crippen LogP contribution in [0.1, 0.15) is 25.0 Å².